The number of hydrogen-bond acceptors (Lipinski definition) is 10. The average Bonchev–Trinajstić information content (AvgIpc) is 0.776. The van der Waals surface area contributed by atoms with Crippen LogP contribution >= 0.6 is 0 Å². The topological polar surface area (TPSA) is 180 Å². The maximum atomic E-state index is 18.5. The molecule has 8 N–H and O–H groups in total. The summed E-state index contributed by atoms with van der Waals surface area (Å²) >= 11 is 0. The summed E-state index contributed by atoms with van der Waals surface area (Å²) in [6.07, 6.45) is 34.4. The highest BCUT2D eigenvalue weighted by molar-refractivity contribution is 5.89. The van der Waals surface area contributed by atoms with E-state index < -0.39 is 98.6 Å². The molecule has 10 heteroatoms. The van der Waals surface area contributed by atoms with Gasteiger partial charge in [-0.3, -0.25) is 4.79 Å². The fourth-order valence-electron chi connectivity index (χ4n) is 31.5. The highest BCUT2D eigenvalue weighted by atomic mass is 16.5. The van der Waals surface area contributed by atoms with Gasteiger partial charge in [0.25, 0.3) is 0 Å². The largest absolute Gasteiger partial charge is 0.504 e. The highest BCUT2D eigenvalue weighted by Gasteiger charge is 2.85. The molecular formula is C90H93NO9. The number of piperidine rings is 1. The van der Waals surface area contributed by atoms with Crippen LogP contribution in [0.2, 0.25) is 0 Å². The Kier molecular flexibility index (Phi) is 11.6. The van der Waals surface area contributed by atoms with Crippen LogP contribution in [-0.4, -0.2) is 78.0 Å². The summed E-state index contributed by atoms with van der Waals surface area (Å²) in [5, 5.41) is 98.1. The van der Waals surface area contributed by atoms with Crippen molar-refractivity contribution in [1.82, 2.24) is 5.32 Å². The number of phenols is 3. The molecule has 24 unspecified atom stereocenters. The number of Topliss-reactive ketones (excluding diaryl/α,β-unsaturated/α-hetero) is 1. The van der Waals surface area contributed by atoms with Crippen LogP contribution in [0.25, 0.3) is 5.57 Å². The van der Waals surface area contributed by atoms with Crippen molar-refractivity contribution in [3.63, 3.8) is 0 Å². The quantitative estimate of drug-likeness (QED) is 0.0545. The van der Waals surface area contributed by atoms with E-state index in [0.29, 0.717) is 55.6 Å². The van der Waals surface area contributed by atoms with Gasteiger partial charge in [0, 0.05) is 81.6 Å². The number of aliphatic hydroxyl groups excluding tert-OH is 3. The summed E-state index contributed by atoms with van der Waals surface area (Å²) in [7, 11) is 1.54. The van der Waals surface area contributed by atoms with Gasteiger partial charge in [-0.25, -0.2) is 0 Å². The Hall–Kier alpha value is -6.63. The molecule has 24 atom stereocenters. The molecule has 7 saturated carbocycles. The van der Waals surface area contributed by atoms with E-state index in [2.05, 4.69) is 90.5 Å². The average molecular weight is 1330 g/mol. The monoisotopic (exact) mass is 1330 g/mol. The van der Waals surface area contributed by atoms with Gasteiger partial charge in [0.05, 0.1) is 37.4 Å². The van der Waals surface area contributed by atoms with Gasteiger partial charge in [-0.1, -0.05) is 128 Å². The Morgan fingerprint density at radius 1 is 0.750 bits per heavy atom. The number of hydrogen-bond donors (Lipinski definition) is 8. The number of benzene rings is 4. The van der Waals surface area contributed by atoms with Crippen LogP contribution in [0.5, 0.6) is 23.0 Å². The lowest BCUT2D eigenvalue weighted by molar-refractivity contribution is -0.262. The van der Waals surface area contributed by atoms with Crippen LogP contribution in [0.1, 0.15) is 221 Å². The minimum atomic E-state index is -1.79. The molecule has 20 aliphatic carbocycles. The fourth-order valence-corrected chi connectivity index (χ4v) is 31.5. The van der Waals surface area contributed by atoms with E-state index in [0.717, 1.165) is 137 Å². The molecule has 21 aliphatic rings. The molecular weight excluding hydrogens is 1240 g/mol. The molecule has 19 bridgehead atoms. The van der Waals surface area contributed by atoms with E-state index in [-0.39, 0.29) is 81.5 Å². The van der Waals surface area contributed by atoms with Crippen molar-refractivity contribution in [1.29, 1.82) is 0 Å². The molecule has 0 aromatic heterocycles. The van der Waals surface area contributed by atoms with Crippen molar-refractivity contribution in [2.45, 2.75) is 230 Å². The maximum absolute atomic E-state index is 18.5. The molecule has 4 aromatic carbocycles. The Morgan fingerprint density at radius 3 is 2.45 bits per heavy atom. The Balaban J connectivity index is 0.911. The molecule has 25 rings (SSSR count). The van der Waals surface area contributed by atoms with Gasteiger partial charge < -0.3 is 45.8 Å². The van der Waals surface area contributed by atoms with Gasteiger partial charge >= 0.3 is 0 Å². The summed E-state index contributed by atoms with van der Waals surface area (Å²) in [5.74, 6) is 12.8. The zero-order valence-electron chi connectivity index (χ0n) is 57.6. The maximum Gasteiger partial charge on any atom is 0.160 e. The van der Waals surface area contributed by atoms with Gasteiger partial charge in [0.2, 0.25) is 0 Å². The minimum absolute atomic E-state index is 0.0157. The van der Waals surface area contributed by atoms with Crippen molar-refractivity contribution < 1.29 is 45.3 Å². The first kappa shape index (κ1) is 59.9. The summed E-state index contributed by atoms with van der Waals surface area (Å²) in [6.45, 7) is -0.398. The number of carbonyl (C=O) groups excluding carboxylic acids is 1. The number of nitrogens with one attached hydrogen (secondary N) is 1. The smallest absolute Gasteiger partial charge is 0.160 e. The van der Waals surface area contributed by atoms with Crippen molar-refractivity contribution in [2.75, 3.05) is 7.11 Å². The van der Waals surface area contributed by atoms with Crippen LogP contribution in [0.3, 0.4) is 0 Å². The summed E-state index contributed by atoms with van der Waals surface area (Å²) in [5.41, 5.74) is 9.87. The SMILES string of the molecule is COc1cc(C2CC(=O)C3C4C=CC56C#CCC7NC89CCC3(O)C(C7C#CC2Cc2ccccc2)C82c3cc(O)c(O)cc3C3CC2C27CC38CCCC8C=C2C2CC(O)C(=CC2=CC7C9)C23CCCCC2CC2=CC7CCC8(CCCC8)C7(CC5O)c5c2c3cc4c56)c(CO)cc1O. The zero-order chi connectivity index (χ0) is 66.9. The normalized spacial score (nSPS) is 46.3. The van der Waals surface area contributed by atoms with E-state index in [1.807, 2.05) is 24.3 Å². The van der Waals surface area contributed by atoms with Gasteiger partial charge in [0.1, 0.15) is 11.2 Å². The van der Waals surface area contributed by atoms with Gasteiger partial charge in [-0.05, 0) is 252 Å². The van der Waals surface area contributed by atoms with Crippen LogP contribution in [-0.2, 0) is 39.5 Å². The second-order valence-corrected chi connectivity index (χ2v) is 36.7. The molecule has 1 saturated heterocycles. The van der Waals surface area contributed by atoms with Crippen molar-refractivity contribution in [2.24, 2.45) is 75.4 Å². The zero-order valence-corrected chi connectivity index (χ0v) is 57.6. The number of carbonyl (C=O) groups is 1. The molecule has 4 aromatic rings. The molecule has 1 heterocycles. The lowest BCUT2D eigenvalue weighted by atomic mass is 9.23. The Bertz CT molecular complexity index is 4730. The lowest BCUT2D eigenvalue weighted by Crippen LogP contribution is -2.87. The van der Waals surface area contributed by atoms with Crippen molar-refractivity contribution in [3.8, 4) is 46.7 Å². The number of ether oxygens (including phenoxy) is 1. The van der Waals surface area contributed by atoms with Crippen LogP contribution in [0, 0.1) is 99.1 Å². The van der Waals surface area contributed by atoms with Gasteiger partial charge in [0.15, 0.2) is 23.0 Å². The van der Waals surface area contributed by atoms with Crippen LogP contribution in [0.4, 0.5) is 0 Å². The van der Waals surface area contributed by atoms with E-state index in [4.69, 9.17) is 10.1 Å². The molecule has 0 radical (unpaired) electrons. The van der Waals surface area contributed by atoms with Crippen LogP contribution in [0.15, 0.2) is 114 Å². The Labute approximate surface area is 587 Å². The molecule has 8 fully saturated rings. The number of aromatic hydroxyl groups is 3. The second-order valence-electron chi connectivity index (χ2n) is 36.7. The predicted molar refractivity (Wildman–Crippen MR) is 379 cm³/mol. The number of rotatable bonds is 5. The van der Waals surface area contributed by atoms with Gasteiger partial charge in [-0.15, -0.1) is 5.92 Å². The van der Waals surface area contributed by atoms with Crippen molar-refractivity contribution >= 4 is 11.4 Å². The number of methoxy groups -OCH3 is 1. The standard InChI is InChI=1S/C90H93NO9/c1-100-74-40-59(51(45-92)34-72(74)96)58-37-73(97)78-56-19-26-83-22-10-15-68-57(17-16-48(58)29-47-11-3-2-4-12-47)81-89(78,99)28-27-85(91-68)43-55-30-49-33-66(69(93)38-60(49)64-35-52-14-9-23-84(52)46-87(55,64)75-42-63(84)62-39-70(94)71(95)41-65(62)90(75,81)85)86-24-6-5-13-53(86)31-50-32-54-18-25-82(20-7-8-21-82)88(54,44-76(83)98)80-77(50)67(86)36-61(56)79(80)83/h2-4,11-12,19,26,30,32-36,39-41,48,52-58,60,63,68-69,75-76,78,81,91-96,98-99H,5-9,13-15,18,20-21,23-25,27-29,31,37-38,42-46H2,1H3. The number of allylic oxidation sites excluding steroid dienone is 8. The molecule has 10 nitrogen and oxygen atoms in total. The summed E-state index contributed by atoms with van der Waals surface area (Å²) < 4.78 is 5.98. The fraction of sp³-hybridized carbons (Fsp3) is 0.567. The minimum Gasteiger partial charge on any atom is -0.504 e. The first-order chi connectivity index (χ1) is 48.5. The van der Waals surface area contributed by atoms with E-state index in [9.17, 15) is 30.6 Å². The third kappa shape index (κ3) is 6.56. The van der Waals surface area contributed by atoms with E-state index >= 15 is 9.90 Å². The van der Waals surface area contributed by atoms with E-state index in [1.54, 1.807) is 13.2 Å². The number of aliphatic hydroxyl groups is 4. The van der Waals surface area contributed by atoms with Crippen LogP contribution < -0.4 is 10.1 Å². The number of ketones is 1. The molecule has 8 spiro atoms. The molecule has 1 aliphatic heterocycles. The first-order valence-electron chi connectivity index (χ1n) is 39.3. The van der Waals surface area contributed by atoms with Gasteiger partial charge in [-0.2, -0.15) is 0 Å². The predicted octanol–water partition coefficient (Wildman–Crippen LogP) is 13.9. The highest BCUT2D eigenvalue weighted by Crippen LogP contribution is 2.87. The third-order valence-corrected chi connectivity index (χ3v) is 34.3. The number of phenolic OH excluding ortho intramolecular Hbond substituents is 3. The van der Waals surface area contributed by atoms with E-state index in [1.165, 1.54) is 39.0 Å². The third-order valence-electron chi connectivity index (χ3n) is 34.3. The first-order valence-corrected chi connectivity index (χ1v) is 39.3. The summed E-state index contributed by atoms with van der Waals surface area (Å²) in [4.78, 5) is 18.5. The Morgan fingerprint density at radius 2 is 1.60 bits per heavy atom. The molecule has 512 valence electrons. The van der Waals surface area contributed by atoms with Crippen molar-refractivity contribution in [3.05, 3.63) is 169 Å². The molecule has 0 amide bonds. The summed E-state index contributed by atoms with van der Waals surface area (Å²) in [6, 6.07) is 20.0. The number of fused-ring (bicyclic) bond motifs is 5. The lowest BCUT2D eigenvalue weighted by Gasteiger charge is -2.82. The second kappa shape index (κ2) is 19.4. The molecule has 100 heavy (non-hydrogen) atoms.